The molecule has 11 aromatic carbocycles. The van der Waals surface area contributed by atoms with Crippen molar-refractivity contribution in [1.29, 1.82) is 0 Å². The molecule has 0 amide bonds. The number of aliphatic carboxylic acids is 1. The number of aryl methyl sites for hydroxylation is 1. The summed E-state index contributed by atoms with van der Waals surface area (Å²) in [6.07, 6.45) is 9.83. The third-order valence-corrected chi connectivity index (χ3v) is 28.3. The lowest BCUT2D eigenvalue weighted by molar-refractivity contribution is -0.134. The van der Waals surface area contributed by atoms with Crippen LogP contribution in [0.15, 0.2) is 388 Å². The van der Waals surface area contributed by atoms with E-state index in [0.29, 0.717) is 57.0 Å². The maximum atomic E-state index is 14.3. The summed E-state index contributed by atoms with van der Waals surface area (Å²) in [6, 6.07) is 102. The van der Waals surface area contributed by atoms with Crippen molar-refractivity contribution in [3.05, 3.63) is 450 Å². The normalized spacial score (nSPS) is 12.0. The lowest BCUT2D eigenvalue weighted by atomic mass is 9.96. The standard InChI is InChI=1S/C31H26N4OS.C30H25N5OS.C29H23N5OS.C25H20N4OS.C2H4O2/c1-3-21-12-14-22(15-13-21)25-11-7-8-23-18-26(35(31(36)28(23)25)24-9-5-4-6-10-24)20(2)34-30-29-27(16-17-32-30)37-19-33-29;1-19(34-29-28-26(13-14-32-29)37-18-33-28)25-16-22-9-6-12-24(21-8-5-7-20(15-21)17-31)27(22)30(36)35(25)23-10-3-2-4-11-23;1-18(33-28-27-25(13-14-31-28)36-17-32-27)24-16-20-8-6-12-23(19-7-5-9-21(30)15-19)26(20)29(35)34(24)22-10-3-2-4-11-22;1-3-17-8-7-9-18-14-20(29(25(30)22(17)18)19-10-5-4-6-11-19)16(2)28-24-23-21(12-13-26-24)31-15-27-23;1-2(3)4/h4-20H,3H2,1-2H3,(H,32,34);2-16,18-19H,17,31H2,1H3,(H,32,34);2-18H,30H2,1H3,(H,31,33);3-16H,1H2,2H3,(H,26,28);1H3,(H,3,4)/t20-;19-;18-;16-;/m0000./s1. The van der Waals surface area contributed by atoms with Gasteiger partial charge in [0.25, 0.3) is 28.2 Å². The molecule has 0 aliphatic carbocycles. The van der Waals surface area contributed by atoms with Crippen LogP contribution >= 0.6 is 45.3 Å². The lowest BCUT2D eigenvalue weighted by Gasteiger charge is -2.22. The van der Waals surface area contributed by atoms with Crippen molar-refractivity contribution >= 4 is 170 Å². The number of fused-ring (bicyclic) bond motifs is 8. The lowest BCUT2D eigenvalue weighted by Crippen LogP contribution is -2.26. The van der Waals surface area contributed by atoms with Gasteiger partial charge in [0.2, 0.25) is 0 Å². The van der Waals surface area contributed by atoms with E-state index in [9.17, 15) is 19.2 Å². The number of thiazole rings is 4. The van der Waals surface area contributed by atoms with E-state index < -0.39 is 5.97 Å². The highest BCUT2D eigenvalue weighted by Crippen LogP contribution is 2.39. The van der Waals surface area contributed by atoms with Crippen LogP contribution in [0.3, 0.4) is 0 Å². The largest absolute Gasteiger partial charge is 0.481 e. The molecule has 0 fully saturated rings. The first-order valence-electron chi connectivity index (χ1n) is 47.1. The number of carboxylic acids is 1. The molecule has 0 spiro atoms. The molecule has 24 nitrogen and oxygen atoms in total. The molecule has 0 radical (unpaired) electrons. The smallest absolute Gasteiger partial charge is 0.300 e. The van der Waals surface area contributed by atoms with Crippen LogP contribution in [0.5, 0.6) is 0 Å². The first kappa shape index (κ1) is 96.5. The zero-order chi connectivity index (χ0) is 100. The van der Waals surface area contributed by atoms with Gasteiger partial charge in [0, 0.05) is 89.5 Å². The molecule has 23 aromatic rings. The van der Waals surface area contributed by atoms with Gasteiger partial charge in [-0.1, -0.05) is 220 Å². The number of nitrogens with zero attached hydrogens (tertiary/aromatic N) is 12. The number of hydrogen-bond donors (Lipinski definition) is 7. The van der Waals surface area contributed by atoms with E-state index >= 15 is 0 Å². The fourth-order valence-corrected chi connectivity index (χ4v) is 21.0. The van der Waals surface area contributed by atoms with Crippen molar-refractivity contribution in [2.24, 2.45) is 5.73 Å². The summed E-state index contributed by atoms with van der Waals surface area (Å²) in [7, 11) is 0. The van der Waals surface area contributed by atoms with Crippen LogP contribution in [0.4, 0.5) is 29.0 Å². The average Bonchev–Trinajstić information content (AvgIpc) is 1.59. The van der Waals surface area contributed by atoms with E-state index in [1.807, 2.05) is 308 Å². The molecule has 0 aliphatic rings. The number of carbonyl (C=O) groups is 1. The van der Waals surface area contributed by atoms with Gasteiger partial charge < -0.3 is 37.8 Å². The van der Waals surface area contributed by atoms with Gasteiger partial charge in [0.15, 0.2) is 23.3 Å². The Morgan fingerprint density at radius 2 is 0.648 bits per heavy atom. The average molecular weight is 1980 g/mol. The van der Waals surface area contributed by atoms with Crippen LogP contribution in [0, 0.1) is 0 Å². The number of anilines is 5. The molecule has 28 heteroatoms. The maximum absolute atomic E-state index is 14.3. The molecule has 12 heterocycles. The second-order valence-corrected chi connectivity index (χ2v) is 38.0. The molecule has 4 atom stereocenters. The van der Waals surface area contributed by atoms with Crippen molar-refractivity contribution in [1.82, 2.24) is 58.1 Å². The quantitative estimate of drug-likeness (QED) is 0.0310. The van der Waals surface area contributed by atoms with E-state index in [1.165, 1.54) is 5.56 Å². The molecule has 23 rings (SSSR count). The van der Waals surface area contributed by atoms with Crippen LogP contribution in [-0.4, -0.2) is 69.2 Å². The fraction of sp³-hybridized carbons (Fsp3) is 0.103. The van der Waals surface area contributed by atoms with Crippen LogP contribution in [0.2, 0.25) is 0 Å². The van der Waals surface area contributed by atoms with Crippen molar-refractivity contribution in [3.8, 4) is 56.1 Å². The summed E-state index contributed by atoms with van der Waals surface area (Å²) in [5.74, 6) is 1.98. The molecule has 145 heavy (non-hydrogen) atoms. The Morgan fingerprint density at radius 1 is 0.352 bits per heavy atom. The van der Waals surface area contributed by atoms with E-state index in [-0.39, 0.29) is 46.4 Å². The molecule has 0 aliphatic heterocycles. The Bertz CT molecular complexity index is 8980. The molecule has 0 unspecified atom stereocenters. The number of nitrogen functional groups attached to an aromatic ring is 1. The van der Waals surface area contributed by atoms with Gasteiger partial charge in [0.1, 0.15) is 22.1 Å². The molecule has 12 aromatic heterocycles. The fourth-order valence-electron chi connectivity index (χ4n) is 18.3. The van der Waals surface area contributed by atoms with Gasteiger partial charge in [0.05, 0.1) is 86.6 Å². The first-order chi connectivity index (χ1) is 70.8. The second kappa shape index (κ2) is 43.4. The van der Waals surface area contributed by atoms with Crippen molar-refractivity contribution in [2.45, 2.75) is 78.7 Å². The third kappa shape index (κ3) is 20.4. The number of rotatable bonds is 22. The Hall–Kier alpha value is -17.4. The number of para-hydroxylation sites is 4. The topological polar surface area (TPSA) is 329 Å². The summed E-state index contributed by atoms with van der Waals surface area (Å²) in [5, 5.41) is 27.7. The number of pyridine rings is 8. The Morgan fingerprint density at radius 3 is 0.966 bits per heavy atom. The second-order valence-electron chi connectivity index (χ2n) is 34.5. The van der Waals surface area contributed by atoms with E-state index in [4.69, 9.17) is 21.4 Å². The Labute approximate surface area is 849 Å². The summed E-state index contributed by atoms with van der Waals surface area (Å²) in [5.41, 5.74) is 38.3. The highest BCUT2D eigenvalue weighted by molar-refractivity contribution is 7.17. The summed E-state index contributed by atoms with van der Waals surface area (Å²) >= 11 is 6.31. The van der Waals surface area contributed by atoms with Gasteiger partial charge in [-0.3, -0.25) is 42.2 Å². The van der Waals surface area contributed by atoms with Crippen molar-refractivity contribution < 1.29 is 9.90 Å². The minimum absolute atomic E-state index is 0.0395. The zero-order valence-corrected chi connectivity index (χ0v) is 83.1. The third-order valence-electron chi connectivity index (χ3n) is 25.1. The minimum Gasteiger partial charge on any atom is -0.481 e. The van der Waals surface area contributed by atoms with E-state index in [1.54, 1.807) is 89.9 Å². The monoisotopic (exact) mass is 1980 g/mol. The molecular weight excluding hydrogens is 1880 g/mol. The number of hydrogen-bond acceptors (Lipinski definition) is 23. The van der Waals surface area contributed by atoms with Gasteiger partial charge in [-0.25, -0.2) is 39.9 Å². The highest BCUT2D eigenvalue weighted by atomic mass is 32.1. The van der Waals surface area contributed by atoms with Crippen molar-refractivity contribution in [3.63, 3.8) is 0 Å². The number of aromatic nitrogens is 12. The van der Waals surface area contributed by atoms with Crippen LogP contribution < -0.4 is 55.0 Å². The van der Waals surface area contributed by atoms with E-state index in [0.717, 1.165) is 166 Å². The van der Waals surface area contributed by atoms with Crippen LogP contribution in [0.25, 0.3) is 146 Å². The van der Waals surface area contributed by atoms with Crippen LogP contribution in [-0.2, 0) is 17.8 Å². The van der Waals surface area contributed by atoms with Gasteiger partial charge >= 0.3 is 0 Å². The molecule has 0 saturated carbocycles. The van der Waals surface area contributed by atoms with Gasteiger partial charge in [-0.15, -0.1) is 45.3 Å². The molecule has 0 bridgehead atoms. The molecule has 0 saturated heterocycles. The number of benzene rings is 11. The number of nitrogens with two attached hydrogens (primary N) is 2. The molecule has 9 N–H and O–H groups in total. The zero-order valence-electron chi connectivity index (χ0n) is 79.8. The predicted molar refractivity (Wildman–Crippen MR) is 597 cm³/mol. The summed E-state index contributed by atoms with van der Waals surface area (Å²) < 4.78 is 11.5. The van der Waals surface area contributed by atoms with E-state index in [2.05, 4.69) is 136 Å². The Balaban J connectivity index is 0.000000121. The minimum atomic E-state index is -0.833. The van der Waals surface area contributed by atoms with Gasteiger partial charge in [-0.2, -0.15) is 0 Å². The molecular formula is C117H98N18O6S4. The SMILES string of the molecule is C=Cc1cccc2cc([C@H](C)Nc3nccc4scnc34)n(-c3ccccc3)c(=O)c12.CC(=O)O.CCc1ccc(-c2cccc3cc([C@H](C)Nc4nccc5scnc45)n(-c4ccccc4)c(=O)c23)cc1.C[C@H](Nc1nccc2scnc12)c1cc2cccc(-c3cccc(CN)c3)c2c(=O)n1-c1ccccc1.C[C@H](Nc1nccc2scnc12)c1cc2cccc(-c3cccc(N)c3)c2c(=O)n1-c1ccccc1. The van der Waals surface area contributed by atoms with Gasteiger partial charge in [-0.05, 0) is 221 Å². The predicted octanol–water partition coefficient (Wildman–Crippen LogP) is 26.0. The summed E-state index contributed by atoms with van der Waals surface area (Å²) in [6.45, 7) is 15.7. The first-order valence-corrected chi connectivity index (χ1v) is 50.6. The highest BCUT2D eigenvalue weighted by Gasteiger charge is 2.27. The maximum Gasteiger partial charge on any atom is 0.300 e. The van der Waals surface area contributed by atoms with Crippen LogP contribution in [0.1, 0.15) is 105 Å². The number of carboxylic acid groups (broad SMARTS) is 1. The number of nitrogens with one attached hydrogen (secondary N) is 4. The summed E-state index contributed by atoms with van der Waals surface area (Å²) in [4.78, 5) is 102. The molecule has 716 valence electrons. The van der Waals surface area contributed by atoms with Crippen molar-refractivity contribution in [2.75, 3.05) is 27.0 Å². The Kier molecular flexibility index (Phi) is 28.8.